The Morgan fingerprint density at radius 3 is 2.59 bits per heavy atom. The van der Waals surface area contributed by atoms with Crippen molar-refractivity contribution >= 4 is 61.9 Å². The number of likely N-dealkylation sites (tertiary alicyclic amines) is 1. The van der Waals surface area contributed by atoms with Crippen molar-refractivity contribution < 1.29 is 24.0 Å². The quantitative estimate of drug-likeness (QED) is 0.206. The molecule has 46 heavy (non-hydrogen) atoms. The number of thiazole rings is 1. The molecule has 1 aliphatic carbocycles. The molecule has 12 heteroatoms. The smallest absolute Gasteiger partial charge is 0.268 e. The van der Waals surface area contributed by atoms with Gasteiger partial charge in [0.1, 0.15) is 17.8 Å². The Balaban J connectivity index is 1.11. The molecule has 2 aliphatic heterocycles. The Morgan fingerprint density at radius 1 is 1.09 bits per heavy atom. The summed E-state index contributed by atoms with van der Waals surface area (Å²) in [7, 11) is 0. The third kappa shape index (κ3) is 5.24. The molecular weight excluding hydrogens is 604 g/mol. The van der Waals surface area contributed by atoms with Gasteiger partial charge in [0.25, 0.3) is 5.91 Å². The lowest BCUT2D eigenvalue weighted by Crippen LogP contribution is -2.57. The van der Waals surface area contributed by atoms with Crippen molar-refractivity contribution in [2.24, 2.45) is 23.2 Å². The number of nitrogens with one attached hydrogen (secondary N) is 4. The number of rotatable bonds is 9. The van der Waals surface area contributed by atoms with E-state index in [9.17, 15) is 24.0 Å². The van der Waals surface area contributed by atoms with Crippen molar-refractivity contribution in [3.8, 4) is 0 Å². The normalized spacial score (nSPS) is 24.3. The van der Waals surface area contributed by atoms with Crippen LogP contribution < -0.4 is 16.0 Å². The van der Waals surface area contributed by atoms with E-state index in [1.165, 1.54) is 11.3 Å². The van der Waals surface area contributed by atoms with Gasteiger partial charge in [-0.3, -0.25) is 24.0 Å². The van der Waals surface area contributed by atoms with Gasteiger partial charge in [0.15, 0.2) is 5.01 Å². The summed E-state index contributed by atoms with van der Waals surface area (Å²) in [4.78, 5) is 76.6. The second-order valence-electron chi connectivity index (χ2n) is 13.3. The number of carbonyl (C=O) groups excluding carboxylic acids is 5. The summed E-state index contributed by atoms with van der Waals surface area (Å²) in [5.41, 5.74) is 1.69. The highest BCUT2D eigenvalue weighted by Crippen LogP contribution is 2.65. The number of fused-ring (bicyclic) bond motifs is 3. The van der Waals surface area contributed by atoms with Crippen molar-refractivity contribution in [1.29, 1.82) is 0 Å². The van der Waals surface area contributed by atoms with Crippen molar-refractivity contribution in [3.63, 3.8) is 0 Å². The third-order valence-electron chi connectivity index (χ3n) is 10.1. The third-order valence-corrected chi connectivity index (χ3v) is 11.1. The Hall–Kier alpha value is -4.58. The highest BCUT2D eigenvalue weighted by atomic mass is 32.1. The van der Waals surface area contributed by atoms with Crippen molar-refractivity contribution in [2.45, 2.75) is 51.7 Å². The summed E-state index contributed by atoms with van der Waals surface area (Å²) < 4.78 is 0.855. The van der Waals surface area contributed by atoms with E-state index in [4.69, 9.17) is 0 Å². The summed E-state index contributed by atoms with van der Waals surface area (Å²) in [6, 6.07) is 14.0. The minimum Gasteiger partial charge on any atom is -0.356 e. The number of nitrogens with zero attached hydrogens (tertiary/aromatic N) is 2. The average Bonchev–Trinajstić information content (AvgIpc) is 3.68. The molecular formula is C34H36N6O5S. The van der Waals surface area contributed by atoms with Crippen LogP contribution in [0.15, 0.2) is 54.6 Å². The van der Waals surface area contributed by atoms with Gasteiger partial charge in [-0.15, -0.1) is 11.3 Å². The fourth-order valence-corrected chi connectivity index (χ4v) is 8.32. The van der Waals surface area contributed by atoms with Gasteiger partial charge in [-0.2, -0.15) is 0 Å². The van der Waals surface area contributed by atoms with E-state index in [2.05, 4.69) is 39.8 Å². The number of piperidine rings is 1. The molecule has 2 aromatic carbocycles. The number of H-pyrrole nitrogens is 1. The van der Waals surface area contributed by atoms with Gasteiger partial charge in [0.05, 0.1) is 16.3 Å². The number of aromatic amines is 1. The molecule has 0 bridgehead atoms. The number of Topliss-reactive ketones (excluding diaryl/α,β-unsaturated/α-hetero) is 1. The van der Waals surface area contributed by atoms with Crippen LogP contribution in [0.2, 0.25) is 0 Å². The Morgan fingerprint density at radius 2 is 1.85 bits per heavy atom. The Labute approximate surface area is 269 Å². The summed E-state index contributed by atoms with van der Waals surface area (Å²) in [5.74, 6) is -2.11. The minimum absolute atomic E-state index is 0.0963. The Bertz CT molecular complexity index is 1830. The standard InChI is InChI=1S/C34H36N6O5S/c1-17(36-30(43)24-14-18-8-4-5-9-21(18)37-24)33(45)40-16-20-26(34(20,2)3)27(40)31(44)38-23(15-19-12-13-35-29(19)42)28(41)32-39-22-10-6-7-11-25(22)46-32/h4-11,14,17,19-20,23,26-27,37H,12-13,15-16H2,1-3H3,(H,35,42)(H,36,43)(H,38,44)/t17-,19-,20-,23-,26-,27-/m0/s1. The molecule has 2 saturated heterocycles. The lowest BCUT2D eigenvalue weighted by atomic mass is 9.94. The summed E-state index contributed by atoms with van der Waals surface area (Å²) in [6.45, 7) is 6.68. The summed E-state index contributed by atoms with van der Waals surface area (Å²) in [5, 5.41) is 9.71. The van der Waals surface area contributed by atoms with Gasteiger partial charge >= 0.3 is 0 Å². The topological polar surface area (TPSA) is 153 Å². The molecule has 238 valence electrons. The monoisotopic (exact) mass is 640 g/mol. The van der Waals surface area contributed by atoms with Crippen molar-refractivity contribution in [3.05, 3.63) is 65.3 Å². The van der Waals surface area contributed by atoms with Crippen LogP contribution in [-0.2, 0) is 14.4 Å². The molecule has 1 saturated carbocycles. The number of hydrogen-bond acceptors (Lipinski definition) is 7. The van der Waals surface area contributed by atoms with Crippen LogP contribution in [0, 0.1) is 23.2 Å². The Kier molecular flexibility index (Phi) is 7.42. The fraction of sp³-hybridized carbons (Fsp3) is 0.412. The van der Waals surface area contributed by atoms with E-state index in [0.717, 1.165) is 15.6 Å². The van der Waals surface area contributed by atoms with Crippen LogP contribution in [0.25, 0.3) is 21.1 Å². The predicted molar refractivity (Wildman–Crippen MR) is 173 cm³/mol. The summed E-state index contributed by atoms with van der Waals surface area (Å²) in [6.07, 6.45) is 0.707. The van der Waals surface area contributed by atoms with Crippen LogP contribution >= 0.6 is 11.3 Å². The zero-order valence-corrected chi connectivity index (χ0v) is 26.6. The first-order valence-corrected chi connectivity index (χ1v) is 16.5. The predicted octanol–water partition coefficient (Wildman–Crippen LogP) is 3.27. The number of para-hydroxylation sites is 2. The maximum absolute atomic E-state index is 14.2. The maximum Gasteiger partial charge on any atom is 0.268 e. The van der Waals surface area contributed by atoms with Gasteiger partial charge in [0, 0.05) is 29.9 Å². The van der Waals surface area contributed by atoms with Crippen LogP contribution in [0.4, 0.5) is 0 Å². The largest absolute Gasteiger partial charge is 0.356 e. The molecule has 4 aromatic rings. The number of aromatic nitrogens is 2. The molecule has 4 amide bonds. The molecule has 3 aliphatic rings. The van der Waals surface area contributed by atoms with E-state index in [0.29, 0.717) is 30.7 Å². The fourth-order valence-electron chi connectivity index (χ4n) is 7.36. The average molecular weight is 641 g/mol. The molecule has 0 spiro atoms. The summed E-state index contributed by atoms with van der Waals surface area (Å²) >= 11 is 1.25. The second kappa shape index (κ2) is 11.3. The molecule has 0 unspecified atom stereocenters. The van der Waals surface area contributed by atoms with E-state index in [1.54, 1.807) is 17.9 Å². The van der Waals surface area contributed by atoms with Gasteiger partial charge in [-0.05, 0) is 61.3 Å². The van der Waals surface area contributed by atoms with Crippen LogP contribution in [0.1, 0.15) is 53.9 Å². The molecule has 0 radical (unpaired) electrons. The van der Waals surface area contributed by atoms with E-state index in [-0.39, 0.29) is 46.3 Å². The first-order chi connectivity index (χ1) is 22.0. The zero-order valence-electron chi connectivity index (χ0n) is 25.8. The van der Waals surface area contributed by atoms with Crippen LogP contribution in [0.5, 0.6) is 0 Å². The molecule has 4 N–H and O–H groups in total. The molecule has 6 atom stereocenters. The SMILES string of the molecule is C[C@H](NC(=O)c1cc2ccccc2[nH]1)C(=O)N1C[C@H]2[C@@H]([C@H]1C(=O)N[C@@H](C[C@@H]1CCNC1=O)C(=O)c1nc3ccccc3s1)C2(C)C. The highest BCUT2D eigenvalue weighted by Gasteiger charge is 2.69. The lowest BCUT2D eigenvalue weighted by Gasteiger charge is -2.33. The maximum atomic E-state index is 14.2. The molecule has 3 fully saturated rings. The zero-order chi connectivity index (χ0) is 32.3. The highest BCUT2D eigenvalue weighted by molar-refractivity contribution is 7.20. The first kappa shape index (κ1) is 30.1. The number of benzene rings is 2. The van der Waals surface area contributed by atoms with E-state index >= 15 is 0 Å². The molecule has 4 heterocycles. The molecule has 11 nitrogen and oxygen atoms in total. The van der Waals surface area contributed by atoms with Crippen molar-refractivity contribution in [1.82, 2.24) is 30.8 Å². The van der Waals surface area contributed by atoms with Gasteiger partial charge in [-0.25, -0.2) is 4.98 Å². The number of ketones is 1. The molecule has 2 aromatic heterocycles. The van der Waals surface area contributed by atoms with Gasteiger partial charge in [-0.1, -0.05) is 44.2 Å². The number of hydrogen-bond donors (Lipinski definition) is 4. The first-order valence-electron chi connectivity index (χ1n) is 15.7. The van der Waals surface area contributed by atoms with E-state index < -0.39 is 35.9 Å². The molecule has 7 rings (SSSR count). The van der Waals surface area contributed by atoms with Crippen LogP contribution in [-0.4, -0.2) is 75.5 Å². The van der Waals surface area contributed by atoms with Gasteiger partial charge in [0.2, 0.25) is 23.5 Å². The minimum atomic E-state index is -0.987. The number of carbonyl (C=O) groups is 5. The van der Waals surface area contributed by atoms with Crippen LogP contribution in [0.3, 0.4) is 0 Å². The van der Waals surface area contributed by atoms with Crippen molar-refractivity contribution in [2.75, 3.05) is 13.1 Å². The second-order valence-corrected chi connectivity index (χ2v) is 14.3. The van der Waals surface area contributed by atoms with E-state index in [1.807, 2.05) is 48.5 Å². The van der Waals surface area contributed by atoms with Gasteiger partial charge < -0.3 is 25.8 Å². The number of amides is 4. The lowest BCUT2D eigenvalue weighted by molar-refractivity contribution is -0.141.